The first-order chi connectivity index (χ1) is 53.3. The van der Waals surface area contributed by atoms with Crippen LogP contribution in [0.1, 0.15) is 232 Å². The van der Waals surface area contributed by atoms with E-state index >= 15 is 0 Å². The Morgan fingerprint density at radius 3 is 1.00 bits per heavy atom. The molecule has 0 aromatic carbocycles. The molecule has 12 N–H and O–H groups in total. The molecule has 4 aliphatic heterocycles. The van der Waals surface area contributed by atoms with Crippen molar-refractivity contribution < 1.29 is 126 Å². The van der Waals surface area contributed by atoms with Gasteiger partial charge >= 0.3 is 0 Å². The number of amides is 2. The highest BCUT2D eigenvalue weighted by atomic mass is 31.3. The molecule has 4 rings (SSSR count). The zero-order valence-corrected chi connectivity index (χ0v) is 71.1. The van der Waals surface area contributed by atoms with Crippen molar-refractivity contribution in [3.63, 3.8) is 0 Å². The molecule has 0 spiro atoms. The summed E-state index contributed by atoms with van der Waals surface area (Å²) in [5.74, 6) is -1.85. The Kier molecular flexibility index (Phi) is 46.4. The number of allylic oxidation sites excluding steroid dienone is 21. The van der Waals surface area contributed by atoms with E-state index in [1.54, 1.807) is 6.92 Å². The number of aliphatic hydroxyl groups excluding tert-OH is 10. The summed E-state index contributed by atoms with van der Waals surface area (Å²) in [6, 6.07) is -3.87. The predicted octanol–water partition coefficient (Wildman–Crippen LogP) is 9.79. The fraction of sp³-hybridized carbons (Fsp3) is 0.711. The number of nitrogens with one attached hydrogen (secondary N) is 2. The largest absolute Gasteiger partial charge is 0.756 e. The van der Waals surface area contributed by atoms with E-state index in [1.165, 1.54) is 68.7 Å². The van der Waals surface area contributed by atoms with Gasteiger partial charge in [0.15, 0.2) is 25.2 Å². The number of aliphatic hydroxyl groups is 10. The minimum atomic E-state index is -6.16. The van der Waals surface area contributed by atoms with E-state index in [4.69, 9.17) is 42.2 Å². The SMILES string of the molecule is CC(=O)N[C@H]1[C@@H](OP(=O)([O-])OP(=O)([O-])OC/C=C(/C)CC/C=C(/C)CC/C=C(/C)CC/C=C(/C)CC/C=C(/C)CC/C=C(/C)CC/C=C(/C)CC/C=C(/C)CC/C=C(\C)CC/C=C(\C)CCC=C(C)C)O[C@H](CO)[C@H](O)[C@@H]1O[C@H]1O[C@H](CO)[C@H](O)[C@H](O[C@@H]2O[C@H](CO)[C@H](O)[C@H](O)[C@H]2O[C@@H]2O[C@@H](C)[C@@H](O)[C@@H](O)[C@@H]2O)[C@H]1NC(C)=O. The molecule has 4 saturated heterocycles. The monoisotopic (exact) mass is 1640 g/mol. The Hall–Kier alpha value is -4.34. The Balaban J connectivity index is 1.22. The van der Waals surface area contributed by atoms with Gasteiger partial charge in [-0.25, -0.2) is 4.31 Å². The lowest BCUT2D eigenvalue weighted by molar-refractivity contribution is -0.384. The van der Waals surface area contributed by atoms with Crippen LogP contribution < -0.4 is 20.4 Å². The molecule has 0 aromatic rings. The topological polar surface area (TPSA) is 433 Å². The average molecular weight is 1640 g/mol. The van der Waals surface area contributed by atoms with Gasteiger partial charge in [0.1, 0.15) is 91.4 Å². The predicted molar refractivity (Wildman–Crippen MR) is 426 cm³/mol. The van der Waals surface area contributed by atoms with E-state index in [0.29, 0.717) is 18.4 Å². The lowest BCUT2D eigenvalue weighted by Crippen LogP contribution is -2.71. The van der Waals surface area contributed by atoms with Crippen molar-refractivity contribution in [2.24, 2.45) is 0 Å². The lowest BCUT2D eigenvalue weighted by Gasteiger charge is -2.51. The molecule has 113 heavy (non-hydrogen) atoms. The first-order valence-corrected chi connectivity index (χ1v) is 42.8. The van der Waals surface area contributed by atoms with E-state index in [9.17, 15) is 79.6 Å². The van der Waals surface area contributed by atoms with Crippen LogP contribution in [0.15, 0.2) is 128 Å². The van der Waals surface area contributed by atoms with Crippen LogP contribution in [0.3, 0.4) is 0 Å². The molecule has 0 aliphatic carbocycles. The number of rotatable bonds is 48. The molecule has 4 fully saturated rings. The van der Waals surface area contributed by atoms with Gasteiger partial charge in [-0.3, -0.25) is 23.2 Å². The smallest absolute Gasteiger partial charge is 0.276 e. The first kappa shape index (κ1) is 101. The van der Waals surface area contributed by atoms with Crippen LogP contribution in [0.2, 0.25) is 0 Å². The third-order valence-electron chi connectivity index (χ3n) is 20.4. The summed E-state index contributed by atoms with van der Waals surface area (Å²) in [4.78, 5) is 52.3. The molecular formula is C83H136N2O26P2-2. The van der Waals surface area contributed by atoms with E-state index in [2.05, 4.69) is 145 Å². The van der Waals surface area contributed by atoms with Crippen LogP contribution in [0, 0.1) is 0 Å². The summed E-state index contributed by atoms with van der Waals surface area (Å²) in [7, 11) is -11.9. The number of carbonyl (C=O) groups excluding carboxylic acids is 2. The molecule has 2 amide bonds. The molecule has 0 aromatic heterocycles. The van der Waals surface area contributed by atoms with Gasteiger partial charge in [0.2, 0.25) is 11.8 Å². The van der Waals surface area contributed by atoms with Gasteiger partial charge in [0.05, 0.1) is 32.5 Å². The summed E-state index contributed by atoms with van der Waals surface area (Å²) in [5.41, 5.74) is 14.8. The maximum atomic E-state index is 13.5. The van der Waals surface area contributed by atoms with E-state index in [0.717, 1.165) is 129 Å². The molecule has 2 unspecified atom stereocenters. The molecule has 0 radical (unpaired) electrons. The molecule has 30 heteroatoms. The van der Waals surface area contributed by atoms with E-state index < -0.39 is 177 Å². The maximum Gasteiger partial charge on any atom is 0.276 e. The fourth-order valence-corrected chi connectivity index (χ4v) is 15.4. The van der Waals surface area contributed by atoms with Crippen molar-refractivity contribution in [3.8, 4) is 0 Å². The number of hydrogen-bond donors (Lipinski definition) is 12. The third-order valence-corrected chi connectivity index (χ3v) is 23.0. The maximum absolute atomic E-state index is 13.5. The van der Waals surface area contributed by atoms with Gasteiger partial charge in [-0.15, -0.1) is 0 Å². The second-order valence-electron chi connectivity index (χ2n) is 31.1. The number of ether oxygens (including phenoxy) is 7. The van der Waals surface area contributed by atoms with Crippen molar-refractivity contribution in [2.75, 3.05) is 26.4 Å². The Morgan fingerprint density at radius 2 is 0.655 bits per heavy atom. The van der Waals surface area contributed by atoms with Crippen molar-refractivity contribution in [2.45, 2.75) is 355 Å². The number of hydrogen-bond acceptors (Lipinski definition) is 26. The Labute approximate surface area is 670 Å². The molecule has 4 heterocycles. The minimum Gasteiger partial charge on any atom is -0.756 e. The van der Waals surface area contributed by atoms with Crippen molar-refractivity contribution in [1.29, 1.82) is 0 Å². The summed E-state index contributed by atoms with van der Waals surface area (Å²) in [5, 5.41) is 113. The summed E-state index contributed by atoms with van der Waals surface area (Å²) in [6.07, 6.45) is 10.7. The molecule has 646 valence electrons. The van der Waals surface area contributed by atoms with Gasteiger partial charge in [-0.05, 0) is 218 Å². The van der Waals surface area contributed by atoms with Crippen molar-refractivity contribution in [1.82, 2.24) is 10.6 Å². The van der Waals surface area contributed by atoms with Crippen LogP contribution in [0.4, 0.5) is 0 Å². The summed E-state index contributed by atoms with van der Waals surface area (Å²) < 4.78 is 81.6. The standard InChI is InChI=1S/C83H138N2O26P2/c1-51(2)26-16-27-52(3)28-17-29-53(4)30-18-31-54(5)32-19-33-55(6)34-20-35-56(7)36-21-37-57(8)38-22-39-58(9)40-23-41-59(10)42-24-43-60(11)44-25-45-61(12)46-47-102-112(98,99)111-113(100,101)110-81-69(85-64(15)90)78(73(94)67(50-88)105-81)107-80-68(84-63(14)89)77(72(93)66(49-87)104-80)108-83-79(75(96)71(92)65(48-86)106-83)109-82-76(97)74(95)70(91)62(13)103-82/h26,28,30,32,34,36,38,40,42,44,46,62,65-83,86-88,91-97H,16-25,27,29,31,33,35,37,39,41,43,45,47-50H2,1-15H3,(H,84,89)(H,85,90)(H,98,99)(H,100,101)/p-2/b52-28+,53-30+,54-32-,55-34-,56-36-,57-38-,58-40-,59-42-,60-44-,61-46-/t62-,65+,66+,67+,68+,69+,70+,71-,72-,73-,74+,75-,76-,77+,78+,79+,80+,81+,82-,83-/m0/s1. The van der Waals surface area contributed by atoms with Gasteiger partial charge < -0.3 is 109 Å². The van der Waals surface area contributed by atoms with Gasteiger partial charge in [0, 0.05) is 13.8 Å². The highest BCUT2D eigenvalue weighted by Crippen LogP contribution is 2.57. The van der Waals surface area contributed by atoms with Gasteiger partial charge in [-0.2, -0.15) is 0 Å². The van der Waals surface area contributed by atoms with Gasteiger partial charge in [0.25, 0.3) is 15.6 Å². The highest BCUT2D eigenvalue weighted by Gasteiger charge is 2.57. The van der Waals surface area contributed by atoms with Crippen LogP contribution in [-0.4, -0.2) is 212 Å². The van der Waals surface area contributed by atoms with Crippen LogP contribution >= 0.6 is 15.6 Å². The summed E-state index contributed by atoms with van der Waals surface area (Å²) >= 11 is 0. The zero-order chi connectivity index (χ0) is 84.3. The second kappa shape index (κ2) is 51.9. The lowest BCUT2D eigenvalue weighted by atomic mass is 9.93. The Morgan fingerprint density at radius 1 is 0.354 bits per heavy atom. The fourth-order valence-electron chi connectivity index (χ4n) is 13.4. The number of phosphoric acid groups is 2. The quantitative estimate of drug-likeness (QED) is 0.0199. The van der Waals surface area contributed by atoms with Crippen LogP contribution in [-0.2, 0) is 65.2 Å². The number of phosphoric ester groups is 2. The Bertz CT molecular complexity index is 3380. The molecule has 0 bridgehead atoms. The molecule has 0 saturated carbocycles. The van der Waals surface area contributed by atoms with Gasteiger partial charge in [-0.1, -0.05) is 128 Å². The first-order valence-electron chi connectivity index (χ1n) is 39.9. The molecule has 4 aliphatic rings. The normalized spacial score (nSPS) is 30.9. The minimum absolute atomic E-state index is 0.511. The summed E-state index contributed by atoms with van der Waals surface area (Å²) in [6.45, 7) is 25.5. The second-order valence-corrected chi connectivity index (χ2v) is 34.0. The molecule has 28 nitrogen and oxygen atoms in total. The highest BCUT2D eigenvalue weighted by molar-refractivity contribution is 7.59. The average Bonchev–Trinajstić information content (AvgIpc) is 0.766. The zero-order valence-electron chi connectivity index (χ0n) is 69.3. The van der Waals surface area contributed by atoms with E-state index in [-0.39, 0.29) is 0 Å². The van der Waals surface area contributed by atoms with E-state index in [1.807, 2.05) is 6.92 Å². The van der Waals surface area contributed by atoms with Crippen molar-refractivity contribution >= 4 is 27.5 Å². The molecular weight excluding hydrogens is 1500 g/mol. The van der Waals surface area contributed by atoms with Crippen LogP contribution in [0.5, 0.6) is 0 Å². The molecule has 22 atom stereocenters. The number of carbonyl (C=O) groups is 2. The van der Waals surface area contributed by atoms with Crippen molar-refractivity contribution in [3.05, 3.63) is 128 Å². The van der Waals surface area contributed by atoms with Crippen LogP contribution in [0.25, 0.3) is 0 Å². The third kappa shape index (κ3) is 37.2.